The molecule has 0 aliphatic rings. The zero-order valence-electron chi connectivity index (χ0n) is 14.8. The fourth-order valence-electron chi connectivity index (χ4n) is 4.18. The normalized spacial score (nSPS) is 12.2. The summed E-state index contributed by atoms with van der Waals surface area (Å²) in [6, 6.07) is 21.9. The lowest BCUT2D eigenvalue weighted by molar-refractivity contribution is 0.656. The number of aryl methyl sites for hydroxylation is 1. The lowest BCUT2D eigenvalue weighted by Gasteiger charge is -2.09. The van der Waals surface area contributed by atoms with E-state index in [1.54, 1.807) is 0 Å². The van der Waals surface area contributed by atoms with Gasteiger partial charge in [-0.1, -0.05) is 62.4 Å². The maximum absolute atomic E-state index is 6.35. The molecule has 122 valence electrons. The topological polar surface area (TPSA) is 13.1 Å². The lowest BCUT2D eigenvalue weighted by Crippen LogP contribution is -1.92. The van der Waals surface area contributed by atoms with E-state index in [0.717, 1.165) is 11.2 Å². The highest BCUT2D eigenvalue weighted by Crippen LogP contribution is 2.38. The van der Waals surface area contributed by atoms with Crippen LogP contribution in [0.15, 0.2) is 65.1 Å². The average Bonchev–Trinajstić information content (AvgIpc) is 2.96. The number of hydrogen-bond donors (Lipinski definition) is 0. The Morgan fingerprint density at radius 3 is 2.36 bits per heavy atom. The van der Waals surface area contributed by atoms with E-state index in [2.05, 4.69) is 81.4 Å². The molecule has 0 aliphatic carbocycles. The zero-order valence-corrected chi connectivity index (χ0v) is 14.8. The Hall–Kier alpha value is -2.80. The van der Waals surface area contributed by atoms with Gasteiger partial charge in [0, 0.05) is 16.3 Å². The first-order chi connectivity index (χ1) is 12.1. The number of fused-ring (bicyclic) bond motifs is 6. The largest absolute Gasteiger partial charge is 0.456 e. The zero-order chi connectivity index (χ0) is 17.1. The molecular weight excluding hydrogens is 304 g/mol. The second-order valence-corrected chi connectivity index (χ2v) is 7.29. The predicted octanol–water partition coefficient (Wildman–Crippen LogP) is 7.32. The Kier molecular flexibility index (Phi) is 2.96. The fourth-order valence-corrected chi connectivity index (χ4v) is 4.18. The van der Waals surface area contributed by atoms with Gasteiger partial charge in [-0.15, -0.1) is 0 Å². The van der Waals surface area contributed by atoms with E-state index in [9.17, 15) is 0 Å². The van der Waals surface area contributed by atoms with E-state index in [-0.39, 0.29) is 0 Å². The molecule has 1 heteroatoms. The van der Waals surface area contributed by atoms with E-state index in [4.69, 9.17) is 4.42 Å². The number of benzene rings is 4. The Bertz CT molecular complexity index is 1270. The summed E-state index contributed by atoms with van der Waals surface area (Å²) in [5.74, 6) is 0.444. The first-order valence-electron chi connectivity index (χ1n) is 8.91. The molecule has 5 rings (SSSR count). The van der Waals surface area contributed by atoms with Gasteiger partial charge < -0.3 is 4.42 Å². The van der Waals surface area contributed by atoms with Crippen LogP contribution in [0.2, 0.25) is 0 Å². The first-order valence-corrected chi connectivity index (χ1v) is 8.91. The van der Waals surface area contributed by atoms with Crippen LogP contribution in [0.25, 0.3) is 43.5 Å². The van der Waals surface area contributed by atoms with E-state index >= 15 is 0 Å². The summed E-state index contributed by atoms with van der Waals surface area (Å²) in [5.41, 5.74) is 4.65. The van der Waals surface area contributed by atoms with Crippen LogP contribution in [-0.2, 0) is 0 Å². The van der Waals surface area contributed by atoms with Crippen molar-refractivity contribution in [1.82, 2.24) is 0 Å². The van der Waals surface area contributed by atoms with E-state index in [0.29, 0.717) is 5.92 Å². The van der Waals surface area contributed by atoms with E-state index in [1.807, 2.05) is 0 Å². The summed E-state index contributed by atoms with van der Waals surface area (Å²) < 4.78 is 6.35. The van der Waals surface area contributed by atoms with Gasteiger partial charge in [-0.25, -0.2) is 0 Å². The molecule has 0 atom stereocenters. The predicted molar refractivity (Wildman–Crippen MR) is 108 cm³/mol. The highest BCUT2D eigenvalue weighted by Gasteiger charge is 2.16. The standard InChI is InChI=1S/C24H20O/c1-14(2)23-15(3)8-11-19-21-13-20-17(12-22(21)25-24(19)23)10-9-16-6-4-5-7-18(16)20/h4-14H,1-3H3. The lowest BCUT2D eigenvalue weighted by atomic mass is 9.94. The molecule has 5 aromatic rings. The fraction of sp³-hybridized carbons (Fsp3) is 0.167. The Morgan fingerprint density at radius 1 is 0.720 bits per heavy atom. The third kappa shape index (κ3) is 2.02. The molecule has 0 fully saturated rings. The van der Waals surface area contributed by atoms with Crippen molar-refractivity contribution in [2.75, 3.05) is 0 Å². The van der Waals surface area contributed by atoms with Crippen LogP contribution in [0.3, 0.4) is 0 Å². The molecule has 0 radical (unpaired) electrons. The van der Waals surface area contributed by atoms with Gasteiger partial charge in [-0.3, -0.25) is 0 Å². The van der Waals surface area contributed by atoms with Crippen LogP contribution in [-0.4, -0.2) is 0 Å². The van der Waals surface area contributed by atoms with Gasteiger partial charge >= 0.3 is 0 Å². The van der Waals surface area contributed by atoms with E-state index in [1.165, 1.54) is 43.4 Å². The molecule has 1 nitrogen and oxygen atoms in total. The van der Waals surface area contributed by atoms with Crippen LogP contribution in [0.4, 0.5) is 0 Å². The van der Waals surface area contributed by atoms with Crippen molar-refractivity contribution in [3.63, 3.8) is 0 Å². The van der Waals surface area contributed by atoms with Gasteiger partial charge in [-0.2, -0.15) is 0 Å². The minimum Gasteiger partial charge on any atom is -0.456 e. The van der Waals surface area contributed by atoms with Crippen molar-refractivity contribution in [3.8, 4) is 0 Å². The van der Waals surface area contributed by atoms with Gasteiger partial charge in [0.25, 0.3) is 0 Å². The summed E-state index contributed by atoms with van der Waals surface area (Å²) in [6.07, 6.45) is 0. The minimum atomic E-state index is 0.444. The van der Waals surface area contributed by atoms with Gasteiger partial charge in [0.2, 0.25) is 0 Å². The molecule has 0 amide bonds. The molecule has 0 N–H and O–H groups in total. The number of furan rings is 1. The molecule has 0 saturated heterocycles. The molecule has 0 aliphatic heterocycles. The molecule has 0 saturated carbocycles. The summed E-state index contributed by atoms with van der Waals surface area (Å²) in [7, 11) is 0. The third-order valence-corrected chi connectivity index (χ3v) is 5.34. The van der Waals surface area contributed by atoms with Crippen LogP contribution >= 0.6 is 0 Å². The summed E-state index contributed by atoms with van der Waals surface area (Å²) >= 11 is 0. The van der Waals surface area contributed by atoms with Crippen molar-refractivity contribution < 1.29 is 4.42 Å². The van der Waals surface area contributed by atoms with Gasteiger partial charge in [0.05, 0.1) is 0 Å². The van der Waals surface area contributed by atoms with Gasteiger partial charge in [-0.05, 0) is 52.1 Å². The Morgan fingerprint density at radius 2 is 1.52 bits per heavy atom. The minimum absolute atomic E-state index is 0.444. The molecule has 1 aromatic heterocycles. The highest BCUT2D eigenvalue weighted by atomic mass is 16.3. The smallest absolute Gasteiger partial charge is 0.139 e. The van der Waals surface area contributed by atoms with Crippen LogP contribution < -0.4 is 0 Å². The molecule has 0 bridgehead atoms. The van der Waals surface area contributed by atoms with Gasteiger partial charge in [0.1, 0.15) is 11.2 Å². The summed E-state index contributed by atoms with van der Waals surface area (Å²) in [4.78, 5) is 0. The summed E-state index contributed by atoms with van der Waals surface area (Å²) in [6.45, 7) is 6.64. The Labute approximate surface area is 146 Å². The number of rotatable bonds is 1. The average molecular weight is 324 g/mol. The third-order valence-electron chi connectivity index (χ3n) is 5.34. The molecule has 0 unspecified atom stereocenters. The molecular formula is C24H20O. The number of hydrogen-bond acceptors (Lipinski definition) is 1. The van der Waals surface area contributed by atoms with Crippen molar-refractivity contribution >= 4 is 43.5 Å². The maximum atomic E-state index is 6.35. The molecule has 25 heavy (non-hydrogen) atoms. The second kappa shape index (κ2) is 5.10. The maximum Gasteiger partial charge on any atom is 0.139 e. The van der Waals surface area contributed by atoms with Crippen molar-refractivity contribution in [3.05, 3.63) is 71.8 Å². The molecule has 4 aromatic carbocycles. The molecule has 0 spiro atoms. The van der Waals surface area contributed by atoms with Crippen molar-refractivity contribution in [2.24, 2.45) is 0 Å². The van der Waals surface area contributed by atoms with Gasteiger partial charge in [0.15, 0.2) is 0 Å². The van der Waals surface area contributed by atoms with Crippen LogP contribution in [0, 0.1) is 6.92 Å². The van der Waals surface area contributed by atoms with Crippen LogP contribution in [0.5, 0.6) is 0 Å². The quantitative estimate of drug-likeness (QED) is 0.294. The van der Waals surface area contributed by atoms with Crippen molar-refractivity contribution in [2.45, 2.75) is 26.7 Å². The highest BCUT2D eigenvalue weighted by molar-refractivity contribution is 6.16. The molecule has 1 heterocycles. The van der Waals surface area contributed by atoms with E-state index < -0.39 is 0 Å². The monoisotopic (exact) mass is 324 g/mol. The Balaban J connectivity index is 1.98. The summed E-state index contributed by atoms with van der Waals surface area (Å²) in [5, 5.41) is 7.53. The first kappa shape index (κ1) is 14.5. The van der Waals surface area contributed by atoms with Crippen LogP contribution in [0.1, 0.15) is 30.9 Å². The SMILES string of the molecule is Cc1ccc2c(oc3cc4ccc5ccccc5c4cc32)c1C(C)C. The van der Waals surface area contributed by atoms with Crippen molar-refractivity contribution in [1.29, 1.82) is 0 Å². The second-order valence-electron chi connectivity index (χ2n) is 7.29.